The van der Waals surface area contributed by atoms with Crippen LogP contribution in [0.5, 0.6) is 0 Å². The summed E-state index contributed by atoms with van der Waals surface area (Å²) in [6.45, 7) is 3.94. The van der Waals surface area contributed by atoms with Crippen molar-refractivity contribution in [2.45, 2.75) is 32.7 Å². The molecule has 0 saturated carbocycles. The molecule has 7 heteroatoms. The zero-order valence-electron chi connectivity index (χ0n) is 15.1. The van der Waals surface area contributed by atoms with Crippen molar-refractivity contribution in [3.05, 3.63) is 42.0 Å². The van der Waals surface area contributed by atoms with E-state index in [1.54, 1.807) is 10.9 Å². The maximum absolute atomic E-state index is 12.2. The third-order valence-electron chi connectivity index (χ3n) is 4.38. The van der Waals surface area contributed by atoms with Gasteiger partial charge in [-0.25, -0.2) is 9.78 Å². The molecular weight excluding hydrogens is 316 g/mol. The van der Waals surface area contributed by atoms with E-state index in [2.05, 4.69) is 31.3 Å². The summed E-state index contributed by atoms with van der Waals surface area (Å²) in [5.74, 6) is 0. The average Bonchev–Trinajstić information content (AvgIpc) is 3.09. The largest absolute Gasteiger partial charge is 0.354 e. The molecule has 3 heterocycles. The number of hydrogen-bond acceptors (Lipinski definition) is 3. The van der Waals surface area contributed by atoms with Gasteiger partial charge in [-0.05, 0) is 44.9 Å². The van der Waals surface area contributed by atoms with Gasteiger partial charge in [0.05, 0.1) is 17.6 Å². The minimum absolute atomic E-state index is 0.0757. The Labute approximate surface area is 147 Å². The molecule has 7 nitrogen and oxygen atoms in total. The van der Waals surface area contributed by atoms with Gasteiger partial charge in [-0.2, -0.15) is 5.10 Å². The lowest BCUT2D eigenvalue weighted by Gasteiger charge is -2.15. The molecule has 2 amide bonds. The van der Waals surface area contributed by atoms with Crippen LogP contribution in [0.3, 0.4) is 0 Å². The number of pyridine rings is 1. The molecule has 3 aromatic rings. The van der Waals surface area contributed by atoms with Gasteiger partial charge >= 0.3 is 6.03 Å². The number of carbonyl (C=O) groups is 1. The van der Waals surface area contributed by atoms with Gasteiger partial charge in [0.1, 0.15) is 0 Å². The first-order valence-corrected chi connectivity index (χ1v) is 8.41. The van der Waals surface area contributed by atoms with Crippen molar-refractivity contribution in [3.63, 3.8) is 0 Å². The van der Waals surface area contributed by atoms with Crippen molar-refractivity contribution in [2.24, 2.45) is 14.1 Å². The summed E-state index contributed by atoms with van der Waals surface area (Å²) in [4.78, 5) is 16.6. The summed E-state index contributed by atoms with van der Waals surface area (Å²) in [6, 6.07) is 5.89. The molecule has 0 aliphatic carbocycles. The summed E-state index contributed by atoms with van der Waals surface area (Å²) in [7, 11) is 3.89. The van der Waals surface area contributed by atoms with Crippen LogP contribution in [0.1, 0.15) is 24.7 Å². The van der Waals surface area contributed by atoms with E-state index in [1.165, 1.54) is 5.69 Å². The Morgan fingerprint density at radius 3 is 2.88 bits per heavy atom. The van der Waals surface area contributed by atoms with Gasteiger partial charge in [0, 0.05) is 37.4 Å². The Morgan fingerprint density at radius 1 is 1.36 bits per heavy atom. The van der Waals surface area contributed by atoms with Gasteiger partial charge in [-0.3, -0.25) is 4.68 Å². The van der Waals surface area contributed by atoms with Crippen LogP contribution in [0.2, 0.25) is 0 Å². The van der Waals surface area contributed by atoms with Gasteiger partial charge in [-0.15, -0.1) is 0 Å². The second-order valence-corrected chi connectivity index (χ2v) is 6.45. The molecular formula is C18H24N6O. The van der Waals surface area contributed by atoms with Crippen LogP contribution in [-0.2, 0) is 20.5 Å². The Hall–Kier alpha value is -2.83. The number of rotatable bonds is 5. The molecule has 0 bridgehead atoms. The standard InChI is InChI=1S/C18H24N6O/c1-12(7-8-15-6-5-9-23(15)3)20-18(25)21-14-10-16-13(2)22-24(4)17(16)19-11-14/h5-6,9-12H,7-8H2,1-4H3,(H2,20,21,25)/t12-/m1/s1. The van der Waals surface area contributed by atoms with E-state index in [0.717, 1.165) is 29.6 Å². The van der Waals surface area contributed by atoms with E-state index in [9.17, 15) is 4.79 Å². The normalized spacial score (nSPS) is 12.3. The number of hydrogen-bond donors (Lipinski definition) is 2. The molecule has 0 aromatic carbocycles. The zero-order chi connectivity index (χ0) is 18.0. The highest BCUT2D eigenvalue weighted by molar-refractivity contribution is 5.92. The lowest BCUT2D eigenvalue weighted by atomic mass is 10.1. The number of anilines is 1. The van der Waals surface area contributed by atoms with Gasteiger partial charge in [0.15, 0.2) is 5.65 Å². The Balaban J connectivity index is 1.56. The quantitative estimate of drug-likeness (QED) is 0.750. The number of aromatic nitrogens is 4. The molecule has 132 valence electrons. The van der Waals surface area contributed by atoms with Crippen molar-refractivity contribution in [1.82, 2.24) is 24.6 Å². The minimum Gasteiger partial charge on any atom is -0.354 e. The van der Waals surface area contributed by atoms with E-state index in [-0.39, 0.29) is 12.1 Å². The third-order valence-corrected chi connectivity index (χ3v) is 4.38. The van der Waals surface area contributed by atoms with E-state index < -0.39 is 0 Å². The molecule has 0 spiro atoms. The topological polar surface area (TPSA) is 76.8 Å². The minimum atomic E-state index is -0.220. The third kappa shape index (κ3) is 3.81. The zero-order valence-corrected chi connectivity index (χ0v) is 15.1. The SMILES string of the molecule is Cc1nn(C)c2ncc(NC(=O)N[C@H](C)CCc3cccn3C)cc12. The van der Waals surface area contributed by atoms with Crippen LogP contribution in [0.4, 0.5) is 10.5 Å². The Morgan fingerprint density at radius 2 is 2.16 bits per heavy atom. The highest BCUT2D eigenvalue weighted by Gasteiger charge is 2.11. The van der Waals surface area contributed by atoms with E-state index in [1.807, 2.05) is 46.3 Å². The fourth-order valence-corrected chi connectivity index (χ4v) is 2.96. The first-order chi connectivity index (χ1) is 11.9. The van der Waals surface area contributed by atoms with E-state index >= 15 is 0 Å². The molecule has 0 fully saturated rings. The summed E-state index contributed by atoms with van der Waals surface area (Å²) in [6.07, 6.45) is 5.49. The molecule has 0 aliphatic rings. The first-order valence-electron chi connectivity index (χ1n) is 8.41. The lowest BCUT2D eigenvalue weighted by molar-refractivity contribution is 0.248. The smallest absolute Gasteiger partial charge is 0.319 e. The maximum Gasteiger partial charge on any atom is 0.319 e. The summed E-state index contributed by atoms with van der Waals surface area (Å²) in [5, 5.41) is 11.1. The molecule has 3 rings (SSSR count). The molecule has 0 aliphatic heterocycles. The van der Waals surface area contributed by atoms with Gasteiger partial charge in [-0.1, -0.05) is 0 Å². The van der Waals surface area contributed by atoms with Gasteiger partial charge < -0.3 is 15.2 Å². The van der Waals surface area contributed by atoms with Crippen molar-refractivity contribution in [3.8, 4) is 0 Å². The van der Waals surface area contributed by atoms with Crippen LogP contribution in [-0.4, -0.2) is 31.4 Å². The monoisotopic (exact) mass is 340 g/mol. The number of nitrogens with zero attached hydrogens (tertiary/aromatic N) is 4. The van der Waals surface area contributed by atoms with Crippen LogP contribution in [0.25, 0.3) is 11.0 Å². The Kier molecular flexibility index (Phi) is 4.74. The second kappa shape index (κ2) is 6.96. The number of urea groups is 1. The van der Waals surface area contributed by atoms with Gasteiger partial charge in [0.2, 0.25) is 0 Å². The van der Waals surface area contributed by atoms with Crippen molar-refractivity contribution in [1.29, 1.82) is 0 Å². The fraction of sp³-hybridized carbons (Fsp3) is 0.389. The maximum atomic E-state index is 12.2. The second-order valence-electron chi connectivity index (χ2n) is 6.45. The molecule has 0 unspecified atom stereocenters. The van der Waals surface area contributed by atoms with Crippen molar-refractivity contribution >= 4 is 22.8 Å². The van der Waals surface area contributed by atoms with Gasteiger partial charge in [0.25, 0.3) is 0 Å². The lowest BCUT2D eigenvalue weighted by Crippen LogP contribution is -2.36. The summed E-state index contributed by atoms with van der Waals surface area (Å²) < 4.78 is 3.84. The van der Waals surface area contributed by atoms with Crippen LogP contribution < -0.4 is 10.6 Å². The molecule has 0 saturated heterocycles. The number of nitrogens with one attached hydrogen (secondary N) is 2. The predicted octanol–water partition coefficient (Wildman–Crippen LogP) is 2.76. The number of carbonyl (C=O) groups excluding carboxylic acids is 1. The van der Waals surface area contributed by atoms with Crippen LogP contribution in [0.15, 0.2) is 30.6 Å². The van der Waals surface area contributed by atoms with Crippen molar-refractivity contribution in [2.75, 3.05) is 5.32 Å². The van der Waals surface area contributed by atoms with E-state index in [4.69, 9.17) is 0 Å². The van der Waals surface area contributed by atoms with E-state index in [0.29, 0.717) is 5.69 Å². The highest BCUT2D eigenvalue weighted by Crippen LogP contribution is 2.19. The summed E-state index contributed by atoms with van der Waals surface area (Å²) >= 11 is 0. The molecule has 2 N–H and O–H groups in total. The number of fused-ring (bicyclic) bond motifs is 1. The number of amides is 2. The number of aryl methyl sites for hydroxylation is 4. The highest BCUT2D eigenvalue weighted by atomic mass is 16.2. The average molecular weight is 340 g/mol. The van der Waals surface area contributed by atoms with Crippen LogP contribution in [0, 0.1) is 6.92 Å². The molecule has 3 aromatic heterocycles. The fourth-order valence-electron chi connectivity index (χ4n) is 2.96. The summed E-state index contributed by atoms with van der Waals surface area (Å²) in [5.41, 5.74) is 3.62. The molecule has 1 atom stereocenters. The molecule has 0 radical (unpaired) electrons. The molecule has 25 heavy (non-hydrogen) atoms. The van der Waals surface area contributed by atoms with Crippen molar-refractivity contribution < 1.29 is 4.79 Å². The Bertz CT molecular complexity index is 894. The first kappa shape index (κ1) is 17.0. The predicted molar refractivity (Wildman–Crippen MR) is 98.6 cm³/mol. The van der Waals surface area contributed by atoms with Crippen LogP contribution >= 0.6 is 0 Å².